The molecule has 1 aromatic carbocycles. The molecular weight excluding hydrogens is 352 g/mol. The molecule has 2 aromatic rings. The van der Waals surface area contributed by atoms with Crippen molar-refractivity contribution < 1.29 is 25.2 Å². The molecule has 2 atom stereocenters. The molecule has 2 fully saturated rings. The highest BCUT2D eigenvalue weighted by Gasteiger charge is 2.52. The Bertz CT molecular complexity index is 860. The Morgan fingerprint density at radius 3 is 2.48 bits per heavy atom. The van der Waals surface area contributed by atoms with E-state index in [-0.39, 0.29) is 18.5 Å². The highest BCUT2D eigenvalue weighted by molar-refractivity contribution is 6.05. The fourth-order valence-corrected chi connectivity index (χ4v) is 4.67. The molecule has 0 spiro atoms. The lowest BCUT2D eigenvalue weighted by atomic mass is 9.79. The van der Waals surface area contributed by atoms with Crippen molar-refractivity contribution in [1.29, 1.82) is 0 Å². The topological polar surface area (TPSA) is 131 Å². The van der Waals surface area contributed by atoms with Gasteiger partial charge in [0.05, 0.1) is 5.52 Å². The van der Waals surface area contributed by atoms with E-state index in [0.717, 1.165) is 11.9 Å². The first kappa shape index (κ1) is 18.3. The standard InChI is InChI=1S/C18H24N4O5/c1-21-14-8-3-2-7-13(14)15(20-21)16(23)19-17(24)9-11-5-4-6-12(10-17)22(11)18(25,26)27/h2-3,7-8,11-12,24-27H,4-6,9-10H2,1H3,(H,19,23). The van der Waals surface area contributed by atoms with Crippen molar-refractivity contribution in [3.05, 3.63) is 30.0 Å². The molecule has 1 aromatic heterocycles. The van der Waals surface area contributed by atoms with Crippen molar-refractivity contribution in [2.45, 2.75) is 56.0 Å². The van der Waals surface area contributed by atoms with Gasteiger partial charge in [-0.05, 0) is 18.9 Å². The van der Waals surface area contributed by atoms with E-state index in [4.69, 9.17) is 0 Å². The van der Waals surface area contributed by atoms with Crippen LogP contribution in [-0.2, 0) is 7.05 Å². The Morgan fingerprint density at radius 2 is 1.85 bits per heavy atom. The van der Waals surface area contributed by atoms with Crippen molar-refractivity contribution in [3.8, 4) is 0 Å². The molecule has 9 heteroatoms. The van der Waals surface area contributed by atoms with Crippen LogP contribution in [0.5, 0.6) is 0 Å². The van der Waals surface area contributed by atoms with E-state index in [1.165, 1.54) is 4.90 Å². The first-order valence-electron chi connectivity index (χ1n) is 9.10. The van der Waals surface area contributed by atoms with E-state index in [0.29, 0.717) is 18.2 Å². The van der Waals surface area contributed by atoms with Gasteiger partial charge >= 0.3 is 6.10 Å². The van der Waals surface area contributed by atoms with Crippen molar-refractivity contribution in [3.63, 3.8) is 0 Å². The van der Waals surface area contributed by atoms with E-state index in [1.54, 1.807) is 17.8 Å². The summed E-state index contributed by atoms with van der Waals surface area (Å²) in [5, 5.41) is 47.7. The van der Waals surface area contributed by atoms with Gasteiger partial charge in [0.1, 0.15) is 5.72 Å². The lowest BCUT2D eigenvalue weighted by Crippen LogP contribution is -2.69. The first-order chi connectivity index (χ1) is 12.7. The number of benzene rings is 1. The van der Waals surface area contributed by atoms with Gasteiger partial charge in [0, 0.05) is 37.4 Å². The maximum Gasteiger partial charge on any atom is 0.346 e. The summed E-state index contributed by atoms with van der Waals surface area (Å²) in [6.07, 6.45) is -0.725. The molecule has 146 valence electrons. The van der Waals surface area contributed by atoms with Gasteiger partial charge in [-0.2, -0.15) is 5.10 Å². The number of nitrogens with one attached hydrogen (secondary N) is 1. The van der Waals surface area contributed by atoms with E-state index in [1.807, 2.05) is 18.2 Å². The van der Waals surface area contributed by atoms with Crippen LogP contribution in [0.4, 0.5) is 0 Å². The highest BCUT2D eigenvalue weighted by atomic mass is 16.7. The molecular formula is C18H24N4O5. The van der Waals surface area contributed by atoms with Gasteiger partial charge in [0.25, 0.3) is 5.91 Å². The van der Waals surface area contributed by atoms with Crippen LogP contribution in [0.1, 0.15) is 42.6 Å². The molecule has 0 radical (unpaired) electrons. The Labute approximate surface area is 155 Å². The van der Waals surface area contributed by atoms with Gasteiger partial charge in [-0.15, -0.1) is 0 Å². The third-order valence-electron chi connectivity index (χ3n) is 5.67. The maximum atomic E-state index is 12.8. The van der Waals surface area contributed by atoms with Crippen molar-refractivity contribution >= 4 is 16.8 Å². The quantitative estimate of drug-likeness (QED) is 0.461. The smallest absolute Gasteiger partial charge is 0.346 e. The molecule has 2 aliphatic rings. The van der Waals surface area contributed by atoms with Crippen LogP contribution in [0.15, 0.2) is 24.3 Å². The Morgan fingerprint density at radius 1 is 1.22 bits per heavy atom. The van der Waals surface area contributed by atoms with Gasteiger partial charge in [-0.3, -0.25) is 9.48 Å². The SMILES string of the molecule is Cn1nc(C(=O)NC2(O)CC3CCCC(C2)N3C(O)(O)O)c2ccccc21. The van der Waals surface area contributed by atoms with E-state index in [2.05, 4.69) is 10.4 Å². The molecule has 2 bridgehead atoms. The normalized spacial score (nSPS) is 29.1. The van der Waals surface area contributed by atoms with Gasteiger partial charge in [0.2, 0.25) is 0 Å². The summed E-state index contributed by atoms with van der Waals surface area (Å²) in [6, 6.07) is 6.44. The van der Waals surface area contributed by atoms with Crippen LogP contribution in [0.25, 0.3) is 10.9 Å². The second-order valence-electron chi connectivity index (χ2n) is 7.63. The molecule has 3 heterocycles. The Hall–Kier alpha value is -2.04. The molecule has 5 N–H and O–H groups in total. The van der Waals surface area contributed by atoms with Gasteiger partial charge in [-0.25, -0.2) is 4.90 Å². The lowest BCUT2D eigenvalue weighted by Gasteiger charge is -2.53. The minimum atomic E-state index is -2.93. The average Bonchev–Trinajstić information content (AvgIpc) is 2.90. The molecule has 2 aliphatic heterocycles. The second-order valence-corrected chi connectivity index (χ2v) is 7.63. The number of amides is 1. The summed E-state index contributed by atoms with van der Waals surface area (Å²) < 4.78 is 1.61. The van der Waals surface area contributed by atoms with Crippen LogP contribution in [0, 0.1) is 0 Å². The molecule has 9 nitrogen and oxygen atoms in total. The molecule has 27 heavy (non-hydrogen) atoms. The van der Waals surface area contributed by atoms with Crippen LogP contribution < -0.4 is 5.32 Å². The maximum absolute atomic E-state index is 12.8. The van der Waals surface area contributed by atoms with Crippen LogP contribution in [0.3, 0.4) is 0 Å². The molecule has 0 aliphatic carbocycles. The van der Waals surface area contributed by atoms with Crippen LogP contribution in [-0.4, -0.2) is 64.9 Å². The Kier molecular flexibility index (Phi) is 4.24. The third-order valence-corrected chi connectivity index (χ3v) is 5.67. The van der Waals surface area contributed by atoms with Gasteiger partial charge in [-0.1, -0.05) is 24.6 Å². The zero-order valence-electron chi connectivity index (χ0n) is 15.0. The van der Waals surface area contributed by atoms with Crippen LogP contribution in [0.2, 0.25) is 0 Å². The number of carbonyl (C=O) groups excluding carboxylic acids is 1. The van der Waals surface area contributed by atoms with Crippen molar-refractivity contribution in [2.24, 2.45) is 7.05 Å². The lowest BCUT2D eigenvalue weighted by molar-refractivity contribution is -0.420. The number of para-hydroxylation sites is 1. The number of rotatable bonds is 3. The predicted octanol–water partition coefficient (Wildman–Crippen LogP) is -0.403. The van der Waals surface area contributed by atoms with E-state index < -0.39 is 29.8 Å². The number of aryl methyl sites for hydroxylation is 1. The zero-order valence-corrected chi connectivity index (χ0v) is 15.0. The third kappa shape index (κ3) is 3.21. The predicted molar refractivity (Wildman–Crippen MR) is 95.0 cm³/mol. The minimum absolute atomic E-state index is 0.0867. The largest absolute Gasteiger partial charge is 0.371 e. The number of piperidine rings is 2. The molecule has 4 rings (SSSR count). The summed E-state index contributed by atoms with van der Waals surface area (Å²) in [6.45, 7) is 0. The number of aliphatic hydroxyl groups is 4. The van der Waals surface area contributed by atoms with Crippen molar-refractivity contribution in [1.82, 2.24) is 20.0 Å². The molecule has 1 amide bonds. The summed E-state index contributed by atoms with van der Waals surface area (Å²) in [5.41, 5.74) is -0.463. The van der Waals surface area contributed by atoms with Crippen LogP contribution >= 0.6 is 0 Å². The number of carbonyl (C=O) groups is 1. The van der Waals surface area contributed by atoms with Crippen molar-refractivity contribution in [2.75, 3.05) is 0 Å². The fraction of sp³-hybridized carbons (Fsp3) is 0.556. The monoisotopic (exact) mass is 376 g/mol. The first-order valence-corrected chi connectivity index (χ1v) is 9.10. The molecule has 2 unspecified atom stereocenters. The summed E-state index contributed by atoms with van der Waals surface area (Å²) in [4.78, 5) is 14.1. The van der Waals surface area contributed by atoms with E-state index >= 15 is 0 Å². The number of fused-ring (bicyclic) bond motifs is 3. The average molecular weight is 376 g/mol. The summed E-state index contributed by atoms with van der Waals surface area (Å²) >= 11 is 0. The van der Waals surface area contributed by atoms with Gasteiger partial charge in [0.15, 0.2) is 5.69 Å². The number of hydrogen-bond acceptors (Lipinski definition) is 7. The van der Waals surface area contributed by atoms with E-state index in [9.17, 15) is 25.2 Å². The molecule has 2 saturated heterocycles. The fourth-order valence-electron chi connectivity index (χ4n) is 4.67. The Balaban J connectivity index is 1.58. The minimum Gasteiger partial charge on any atom is -0.371 e. The second kappa shape index (κ2) is 6.25. The molecule has 0 saturated carbocycles. The van der Waals surface area contributed by atoms with Gasteiger partial charge < -0.3 is 25.7 Å². The number of aromatic nitrogens is 2. The number of nitrogens with zero attached hydrogens (tertiary/aromatic N) is 3. The number of hydrogen-bond donors (Lipinski definition) is 5. The summed E-state index contributed by atoms with van der Waals surface area (Å²) in [5.74, 6) is -0.482. The summed E-state index contributed by atoms with van der Waals surface area (Å²) in [7, 11) is 1.75. The zero-order chi connectivity index (χ0) is 19.4. The highest BCUT2D eigenvalue weighted by Crippen LogP contribution is 2.40.